The third kappa shape index (κ3) is 7.74. The highest BCUT2D eigenvalue weighted by molar-refractivity contribution is 5.85. The third-order valence-corrected chi connectivity index (χ3v) is 5.42. The first kappa shape index (κ1) is 25.6. The summed E-state index contributed by atoms with van der Waals surface area (Å²) in [4.78, 5) is 16.7. The van der Waals surface area contributed by atoms with Gasteiger partial charge in [-0.3, -0.25) is 4.79 Å². The summed E-state index contributed by atoms with van der Waals surface area (Å²) in [5, 5.41) is 6.89. The normalized spacial score (nSPS) is 17.7. The van der Waals surface area contributed by atoms with Crippen molar-refractivity contribution in [2.24, 2.45) is 0 Å². The summed E-state index contributed by atoms with van der Waals surface area (Å²) in [5.41, 5.74) is 1.03. The SMILES string of the molecule is COc1cc(NC2CCN(CCC(=O)N3CCNCC3)CC2)cc(OC)c1.Cl.Cl. The van der Waals surface area contributed by atoms with Crippen molar-refractivity contribution in [2.75, 3.05) is 65.3 Å². The minimum absolute atomic E-state index is 0. The Morgan fingerprint density at radius 1 is 1.03 bits per heavy atom. The number of carbonyl (C=O) groups excluding carboxylic acids is 1. The van der Waals surface area contributed by atoms with Crippen molar-refractivity contribution < 1.29 is 14.3 Å². The largest absolute Gasteiger partial charge is 0.497 e. The maximum atomic E-state index is 12.3. The number of benzene rings is 1. The van der Waals surface area contributed by atoms with Crippen LogP contribution in [0.1, 0.15) is 19.3 Å². The molecule has 2 aliphatic heterocycles. The number of piperazine rings is 1. The molecule has 0 atom stereocenters. The van der Waals surface area contributed by atoms with Gasteiger partial charge in [0.25, 0.3) is 0 Å². The Bertz CT molecular complexity index is 599. The molecule has 1 aromatic rings. The minimum Gasteiger partial charge on any atom is -0.497 e. The van der Waals surface area contributed by atoms with Crippen molar-refractivity contribution in [3.8, 4) is 11.5 Å². The fraction of sp³-hybridized carbons (Fsp3) is 0.650. The van der Waals surface area contributed by atoms with Crippen LogP contribution in [0.2, 0.25) is 0 Å². The van der Waals surface area contributed by atoms with Gasteiger partial charge in [-0.2, -0.15) is 0 Å². The first-order valence-electron chi connectivity index (χ1n) is 9.88. The van der Waals surface area contributed by atoms with E-state index in [1.54, 1.807) is 14.2 Å². The molecule has 0 saturated carbocycles. The van der Waals surface area contributed by atoms with Gasteiger partial charge < -0.3 is 29.9 Å². The number of hydrogen-bond acceptors (Lipinski definition) is 6. The van der Waals surface area contributed by atoms with Crippen LogP contribution < -0.4 is 20.1 Å². The Kier molecular flexibility index (Phi) is 11.5. The molecule has 1 amide bonds. The van der Waals surface area contributed by atoms with Crippen molar-refractivity contribution in [1.29, 1.82) is 0 Å². The average molecular weight is 449 g/mol. The molecule has 1 aromatic carbocycles. The fourth-order valence-corrected chi connectivity index (χ4v) is 3.75. The molecule has 2 heterocycles. The summed E-state index contributed by atoms with van der Waals surface area (Å²) in [6.45, 7) is 6.42. The second kappa shape index (κ2) is 13.0. The topological polar surface area (TPSA) is 66.1 Å². The number of amides is 1. The van der Waals surface area contributed by atoms with E-state index in [0.29, 0.717) is 18.4 Å². The Morgan fingerprint density at radius 2 is 1.62 bits per heavy atom. The lowest BCUT2D eigenvalue weighted by molar-refractivity contribution is -0.132. The van der Waals surface area contributed by atoms with Crippen LogP contribution in [0.5, 0.6) is 11.5 Å². The number of rotatable bonds is 7. The molecule has 3 rings (SSSR count). The van der Waals surface area contributed by atoms with Crippen molar-refractivity contribution in [3.05, 3.63) is 18.2 Å². The van der Waals surface area contributed by atoms with E-state index < -0.39 is 0 Å². The Morgan fingerprint density at radius 3 is 2.17 bits per heavy atom. The molecule has 2 N–H and O–H groups in total. The van der Waals surface area contributed by atoms with Gasteiger partial charge in [0.05, 0.1) is 14.2 Å². The van der Waals surface area contributed by atoms with E-state index in [4.69, 9.17) is 9.47 Å². The molecule has 0 aromatic heterocycles. The van der Waals surface area contributed by atoms with Crippen LogP contribution >= 0.6 is 24.8 Å². The zero-order valence-corrected chi connectivity index (χ0v) is 18.9. The predicted molar refractivity (Wildman–Crippen MR) is 121 cm³/mol. The maximum Gasteiger partial charge on any atom is 0.223 e. The van der Waals surface area contributed by atoms with Gasteiger partial charge >= 0.3 is 0 Å². The molecule has 2 fully saturated rings. The summed E-state index contributed by atoms with van der Waals surface area (Å²) in [7, 11) is 3.33. The Hall–Kier alpha value is -1.41. The molecule has 0 unspecified atom stereocenters. The van der Waals surface area contributed by atoms with E-state index in [0.717, 1.165) is 75.8 Å². The molecular weight excluding hydrogens is 415 g/mol. The second-order valence-corrected chi connectivity index (χ2v) is 7.24. The molecule has 0 spiro atoms. The quantitative estimate of drug-likeness (QED) is 0.666. The lowest BCUT2D eigenvalue weighted by Crippen LogP contribution is -2.47. The molecule has 2 aliphatic rings. The average Bonchev–Trinajstić information content (AvgIpc) is 2.73. The van der Waals surface area contributed by atoms with Crippen molar-refractivity contribution in [3.63, 3.8) is 0 Å². The van der Waals surface area contributed by atoms with Crippen molar-refractivity contribution >= 4 is 36.4 Å². The van der Waals surface area contributed by atoms with Crippen LogP contribution in [0.3, 0.4) is 0 Å². The number of piperidine rings is 1. The number of likely N-dealkylation sites (tertiary alicyclic amines) is 1. The number of carbonyl (C=O) groups is 1. The first-order valence-corrected chi connectivity index (χ1v) is 9.88. The summed E-state index contributed by atoms with van der Waals surface area (Å²) in [5.74, 6) is 1.88. The Labute approximate surface area is 186 Å². The summed E-state index contributed by atoms with van der Waals surface area (Å²) >= 11 is 0. The number of nitrogens with zero attached hydrogens (tertiary/aromatic N) is 2. The number of anilines is 1. The van der Waals surface area contributed by atoms with Crippen LogP contribution in [-0.2, 0) is 4.79 Å². The van der Waals surface area contributed by atoms with Gasteiger partial charge in [0.15, 0.2) is 0 Å². The zero-order chi connectivity index (χ0) is 19.1. The van der Waals surface area contributed by atoms with Crippen LogP contribution in [0.4, 0.5) is 5.69 Å². The number of halogens is 2. The summed E-state index contributed by atoms with van der Waals surface area (Å²) in [6, 6.07) is 6.31. The molecule has 29 heavy (non-hydrogen) atoms. The Balaban J connectivity index is 0.00000210. The highest BCUT2D eigenvalue weighted by Crippen LogP contribution is 2.27. The van der Waals surface area contributed by atoms with Crippen LogP contribution in [-0.4, -0.2) is 81.8 Å². The molecule has 2 saturated heterocycles. The molecular formula is C20H34Cl2N4O3. The second-order valence-electron chi connectivity index (χ2n) is 7.24. The van der Waals surface area contributed by atoms with Crippen LogP contribution in [0, 0.1) is 0 Å². The molecule has 0 bridgehead atoms. The van der Waals surface area contributed by atoms with Crippen molar-refractivity contribution in [2.45, 2.75) is 25.3 Å². The van der Waals surface area contributed by atoms with Gasteiger partial charge in [-0.05, 0) is 12.8 Å². The molecule has 7 nitrogen and oxygen atoms in total. The number of hydrogen-bond donors (Lipinski definition) is 2. The first-order chi connectivity index (χ1) is 13.2. The number of methoxy groups -OCH3 is 2. The van der Waals surface area contributed by atoms with E-state index in [2.05, 4.69) is 15.5 Å². The van der Waals surface area contributed by atoms with Gasteiger partial charge in [0.2, 0.25) is 5.91 Å². The highest BCUT2D eigenvalue weighted by Gasteiger charge is 2.21. The number of ether oxygens (including phenoxy) is 2. The third-order valence-electron chi connectivity index (χ3n) is 5.42. The van der Waals surface area contributed by atoms with Crippen molar-refractivity contribution in [1.82, 2.24) is 15.1 Å². The monoisotopic (exact) mass is 448 g/mol. The van der Waals surface area contributed by atoms with E-state index >= 15 is 0 Å². The van der Waals surface area contributed by atoms with Crippen LogP contribution in [0.25, 0.3) is 0 Å². The lowest BCUT2D eigenvalue weighted by atomic mass is 10.0. The van der Waals surface area contributed by atoms with E-state index in [1.165, 1.54) is 0 Å². The number of nitrogens with one attached hydrogen (secondary N) is 2. The van der Waals surface area contributed by atoms with Gasteiger partial charge in [0.1, 0.15) is 11.5 Å². The molecule has 0 radical (unpaired) electrons. The molecule has 166 valence electrons. The van der Waals surface area contributed by atoms with E-state index in [-0.39, 0.29) is 24.8 Å². The van der Waals surface area contributed by atoms with Gasteiger partial charge in [-0.15, -0.1) is 24.8 Å². The standard InChI is InChI=1S/C20H32N4O3.2ClH/c1-26-18-13-17(14-19(15-18)27-2)22-16-3-8-23(9-4-16)10-5-20(25)24-11-6-21-7-12-24;;/h13-16,21-22H,3-12H2,1-2H3;2*1H. The van der Waals surface area contributed by atoms with Gasteiger partial charge in [-0.1, -0.05) is 0 Å². The lowest BCUT2D eigenvalue weighted by Gasteiger charge is -2.33. The molecule has 0 aliphatic carbocycles. The van der Waals surface area contributed by atoms with Gasteiger partial charge in [0, 0.05) is 82.2 Å². The molecule has 9 heteroatoms. The highest BCUT2D eigenvalue weighted by atomic mass is 35.5. The summed E-state index contributed by atoms with van der Waals surface area (Å²) in [6.07, 6.45) is 2.77. The predicted octanol–water partition coefficient (Wildman–Crippen LogP) is 2.25. The summed E-state index contributed by atoms with van der Waals surface area (Å²) < 4.78 is 10.7. The maximum absolute atomic E-state index is 12.3. The smallest absolute Gasteiger partial charge is 0.223 e. The van der Waals surface area contributed by atoms with Crippen LogP contribution in [0.15, 0.2) is 18.2 Å². The van der Waals surface area contributed by atoms with Gasteiger partial charge in [-0.25, -0.2) is 0 Å². The minimum atomic E-state index is 0. The zero-order valence-electron chi connectivity index (χ0n) is 17.3. The fourth-order valence-electron chi connectivity index (χ4n) is 3.75. The van der Waals surface area contributed by atoms with E-state index in [9.17, 15) is 4.79 Å². The van der Waals surface area contributed by atoms with E-state index in [1.807, 2.05) is 23.1 Å².